The third-order valence-corrected chi connectivity index (χ3v) is 10.1. The van der Waals surface area contributed by atoms with Gasteiger partial charge in [-0.25, -0.2) is 4.79 Å². The fourth-order valence-electron chi connectivity index (χ4n) is 8.66. The summed E-state index contributed by atoms with van der Waals surface area (Å²) in [6, 6.07) is 9.26. The third-order valence-electron chi connectivity index (χ3n) is 10.1. The first-order valence-electron chi connectivity index (χ1n) is 12.8. The summed E-state index contributed by atoms with van der Waals surface area (Å²) in [6.07, 6.45) is 2.22. The molecule has 6 aliphatic rings. The molecule has 7 heteroatoms. The van der Waals surface area contributed by atoms with Gasteiger partial charge in [0.05, 0.1) is 12.0 Å². The highest BCUT2D eigenvalue weighted by atomic mass is 16.6. The largest absolute Gasteiger partial charge is 0.457 e. The fraction of sp³-hybridized carbons (Fsp3) is 0.552. The zero-order chi connectivity index (χ0) is 25.7. The van der Waals surface area contributed by atoms with Crippen LogP contribution < -0.4 is 0 Å². The number of Topliss-reactive ketones (excluding diaryl/α,β-unsaturated/α-hetero) is 2. The van der Waals surface area contributed by atoms with Crippen molar-refractivity contribution in [1.29, 1.82) is 0 Å². The van der Waals surface area contributed by atoms with Gasteiger partial charge in [-0.1, -0.05) is 50.8 Å². The molecule has 4 bridgehead atoms. The number of hydrogen-bond donors (Lipinski definition) is 2. The number of benzene rings is 1. The van der Waals surface area contributed by atoms with Gasteiger partial charge in [0.1, 0.15) is 23.4 Å². The molecule has 1 aromatic carbocycles. The van der Waals surface area contributed by atoms with Crippen LogP contribution >= 0.6 is 0 Å². The standard InChI is InChI=1S/C29H32O7/c1-16-18-10-11-19-27-15-35-29(34,24(33)22(27)26(2,3)14-13-20(27)30)28(19,23(16)32)25(18)36-21(31)12-9-17-7-5-4-6-8-17/h4-9,12,18-19,22,24-25,33-34H,1,10-11,13-15H2,2-3H3/b12-9+/t18-,19-,22+,24-,25+,27+,28-,29+/m0/s1. The first kappa shape index (κ1) is 23.8. The normalized spacial score (nSPS) is 44.4. The molecule has 36 heavy (non-hydrogen) atoms. The van der Waals surface area contributed by atoms with Gasteiger partial charge in [-0.15, -0.1) is 0 Å². The van der Waals surface area contributed by atoms with E-state index in [1.165, 1.54) is 6.08 Å². The summed E-state index contributed by atoms with van der Waals surface area (Å²) in [6.45, 7) is 7.95. The van der Waals surface area contributed by atoms with Crippen molar-refractivity contribution in [3.63, 3.8) is 0 Å². The van der Waals surface area contributed by atoms with Gasteiger partial charge >= 0.3 is 5.97 Å². The van der Waals surface area contributed by atoms with Gasteiger partial charge in [0.25, 0.3) is 0 Å². The zero-order valence-electron chi connectivity index (χ0n) is 20.6. The van der Waals surface area contributed by atoms with E-state index >= 15 is 0 Å². The Morgan fingerprint density at radius 2 is 1.92 bits per heavy atom. The highest BCUT2D eigenvalue weighted by Crippen LogP contribution is 2.76. The molecule has 2 N–H and O–H groups in total. The highest BCUT2D eigenvalue weighted by Gasteiger charge is 2.88. The van der Waals surface area contributed by atoms with Crippen LogP contribution in [0.1, 0.15) is 45.1 Å². The lowest BCUT2D eigenvalue weighted by Crippen LogP contribution is -2.85. The van der Waals surface area contributed by atoms with Crippen molar-refractivity contribution < 1.29 is 34.1 Å². The quantitative estimate of drug-likeness (QED) is 0.493. The van der Waals surface area contributed by atoms with Gasteiger partial charge in [-0.2, -0.15) is 0 Å². The van der Waals surface area contributed by atoms with Crippen LogP contribution in [0.25, 0.3) is 6.08 Å². The van der Waals surface area contributed by atoms with Crippen LogP contribution in [0.5, 0.6) is 0 Å². The van der Waals surface area contributed by atoms with Crippen LogP contribution in [0.2, 0.25) is 0 Å². The maximum atomic E-state index is 14.0. The lowest BCUT2D eigenvalue weighted by atomic mass is 9.36. The minimum absolute atomic E-state index is 0.0465. The minimum atomic E-state index is -2.29. The Balaban J connectivity index is 1.47. The first-order chi connectivity index (χ1) is 17.0. The van der Waals surface area contributed by atoms with Crippen molar-refractivity contribution in [2.75, 3.05) is 6.61 Å². The topological polar surface area (TPSA) is 110 Å². The van der Waals surface area contributed by atoms with Crippen LogP contribution in [-0.4, -0.2) is 52.4 Å². The average Bonchev–Trinajstić information content (AvgIpc) is 2.96. The molecule has 0 amide bonds. The van der Waals surface area contributed by atoms with Crippen LogP contribution in [0.3, 0.4) is 0 Å². The van der Waals surface area contributed by atoms with Gasteiger partial charge in [0.2, 0.25) is 5.79 Å². The van der Waals surface area contributed by atoms with Gasteiger partial charge in [-0.05, 0) is 47.8 Å². The van der Waals surface area contributed by atoms with E-state index < -0.39 is 63.7 Å². The Kier molecular flexibility index (Phi) is 4.93. The van der Waals surface area contributed by atoms with Crippen molar-refractivity contribution in [3.8, 4) is 0 Å². The number of esters is 1. The lowest BCUT2D eigenvalue weighted by molar-refractivity contribution is -0.437. The van der Waals surface area contributed by atoms with Crippen molar-refractivity contribution in [2.45, 2.75) is 57.5 Å². The number of aliphatic hydroxyl groups excluding tert-OH is 1. The Bertz CT molecular complexity index is 1200. The number of carbonyl (C=O) groups is 3. The number of ketones is 2. The van der Waals surface area contributed by atoms with Gasteiger partial charge < -0.3 is 19.7 Å². The van der Waals surface area contributed by atoms with Crippen LogP contribution in [0, 0.1) is 34.0 Å². The second-order valence-electron chi connectivity index (χ2n) is 11.9. The van der Waals surface area contributed by atoms with Crippen LogP contribution in [0.4, 0.5) is 0 Å². The van der Waals surface area contributed by atoms with Crippen LogP contribution in [0.15, 0.2) is 48.6 Å². The molecule has 2 heterocycles. The second-order valence-corrected chi connectivity index (χ2v) is 11.9. The molecular formula is C29H32O7. The number of ether oxygens (including phenoxy) is 2. The number of fused-ring (bicyclic) bond motifs is 2. The summed E-state index contributed by atoms with van der Waals surface area (Å²) in [4.78, 5) is 40.8. The summed E-state index contributed by atoms with van der Waals surface area (Å²) in [5.41, 5.74) is -2.30. The molecule has 4 saturated carbocycles. The van der Waals surface area contributed by atoms with Crippen molar-refractivity contribution in [2.24, 2.45) is 34.0 Å². The van der Waals surface area contributed by atoms with Crippen molar-refractivity contribution in [3.05, 3.63) is 54.1 Å². The smallest absolute Gasteiger partial charge is 0.331 e. The first-order valence-corrected chi connectivity index (χ1v) is 12.8. The minimum Gasteiger partial charge on any atom is -0.457 e. The molecule has 2 aliphatic heterocycles. The monoisotopic (exact) mass is 492 g/mol. The van der Waals surface area contributed by atoms with E-state index in [4.69, 9.17) is 9.47 Å². The highest BCUT2D eigenvalue weighted by molar-refractivity contribution is 6.06. The molecule has 190 valence electrons. The van der Waals surface area contributed by atoms with E-state index in [0.29, 0.717) is 25.7 Å². The molecule has 4 aliphatic carbocycles. The summed E-state index contributed by atoms with van der Waals surface area (Å²) in [5.74, 6) is -5.17. The molecule has 6 fully saturated rings. The van der Waals surface area contributed by atoms with Gasteiger partial charge in [-0.3, -0.25) is 9.59 Å². The predicted octanol–water partition coefficient (Wildman–Crippen LogP) is 2.85. The molecule has 0 unspecified atom stereocenters. The van der Waals surface area contributed by atoms with Gasteiger partial charge in [0.15, 0.2) is 5.78 Å². The Morgan fingerprint density at radius 3 is 2.64 bits per heavy atom. The Labute approximate surface area is 210 Å². The van der Waals surface area contributed by atoms with Crippen molar-refractivity contribution >= 4 is 23.6 Å². The summed E-state index contributed by atoms with van der Waals surface area (Å²) in [5, 5.41) is 23.8. The van der Waals surface area contributed by atoms with Crippen LogP contribution in [-0.2, 0) is 23.9 Å². The molecular weight excluding hydrogens is 460 g/mol. The molecule has 2 spiro atoms. The molecule has 7 rings (SSSR count). The Hall–Kier alpha value is -2.61. The van der Waals surface area contributed by atoms with E-state index in [2.05, 4.69) is 6.58 Å². The van der Waals surface area contributed by atoms with E-state index in [9.17, 15) is 24.6 Å². The zero-order valence-corrected chi connectivity index (χ0v) is 20.6. The molecule has 1 aromatic rings. The van der Waals surface area contributed by atoms with Gasteiger partial charge in [0, 0.05) is 24.3 Å². The van der Waals surface area contributed by atoms with E-state index in [1.807, 2.05) is 44.2 Å². The Morgan fingerprint density at radius 1 is 1.19 bits per heavy atom. The molecule has 2 saturated heterocycles. The van der Waals surface area contributed by atoms with E-state index in [-0.39, 0.29) is 18.0 Å². The second kappa shape index (κ2) is 7.46. The number of hydrogen-bond acceptors (Lipinski definition) is 7. The third kappa shape index (κ3) is 2.61. The SMILES string of the molecule is C=C1C(=O)[C@]23[C@H](OC(=O)/C=C/c4ccccc4)[C@H]1CC[C@H]2[C@@]12CO[C@]3(O)[C@@H](O)[C@@H]1C(C)(C)CCC2=O. The molecule has 0 radical (unpaired) electrons. The fourth-order valence-corrected chi connectivity index (χ4v) is 8.66. The number of aliphatic hydroxyl groups is 2. The summed E-state index contributed by atoms with van der Waals surface area (Å²) >= 11 is 0. The summed E-state index contributed by atoms with van der Waals surface area (Å²) in [7, 11) is 0. The van der Waals surface area contributed by atoms with Crippen molar-refractivity contribution in [1.82, 2.24) is 0 Å². The van der Waals surface area contributed by atoms with E-state index in [0.717, 1.165) is 5.56 Å². The molecule has 7 nitrogen and oxygen atoms in total. The molecule has 8 atom stereocenters. The lowest BCUT2D eigenvalue weighted by Gasteiger charge is -2.72. The van der Waals surface area contributed by atoms with E-state index in [1.54, 1.807) is 6.08 Å². The average molecular weight is 493 g/mol. The predicted molar refractivity (Wildman–Crippen MR) is 129 cm³/mol. The number of carbonyl (C=O) groups excluding carboxylic acids is 3. The maximum Gasteiger partial charge on any atom is 0.331 e. The molecule has 0 aromatic heterocycles. The number of rotatable bonds is 3. The summed E-state index contributed by atoms with van der Waals surface area (Å²) < 4.78 is 11.9. The maximum absolute atomic E-state index is 14.0.